The summed E-state index contributed by atoms with van der Waals surface area (Å²) in [5, 5.41) is 0.844. The van der Waals surface area contributed by atoms with Gasteiger partial charge >= 0.3 is 0 Å². The highest BCUT2D eigenvalue weighted by atomic mass is 32.1. The molecule has 5 nitrogen and oxygen atoms in total. The molecule has 2 aromatic heterocycles. The predicted octanol–water partition coefficient (Wildman–Crippen LogP) is 2.88. The van der Waals surface area contributed by atoms with Crippen LogP contribution in [0.1, 0.15) is 34.6 Å². The summed E-state index contributed by atoms with van der Waals surface area (Å²) in [7, 11) is 0. The van der Waals surface area contributed by atoms with Crippen molar-refractivity contribution in [1.29, 1.82) is 0 Å². The zero-order chi connectivity index (χ0) is 15.8. The van der Waals surface area contributed by atoms with Gasteiger partial charge in [0.2, 0.25) is 0 Å². The summed E-state index contributed by atoms with van der Waals surface area (Å²) in [6.45, 7) is 4.27. The topological polar surface area (TPSA) is 47.4 Å². The van der Waals surface area contributed by atoms with Gasteiger partial charge in [-0.25, -0.2) is 4.98 Å². The van der Waals surface area contributed by atoms with E-state index in [0.717, 1.165) is 41.2 Å². The Hall–Kier alpha value is -1.66. The number of amides is 1. The lowest BCUT2D eigenvalue weighted by Gasteiger charge is -2.16. The van der Waals surface area contributed by atoms with Crippen LogP contribution in [0, 0.1) is 12.8 Å². The number of likely N-dealkylation sites (tertiary alicyclic amines) is 1. The molecule has 2 aliphatic rings. The maximum atomic E-state index is 12.8. The van der Waals surface area contributed by atoms with E-state index in [0.29, 0.717) is 6.54 Å². The van der Waals surface area contributed by atoms with Gasteiger partial charge < -0.3 is 14.2 Å². The highest BCUT2D eigenvalue weighted by Crippen LogP contribution is 2.30. The highest BCUT2D eigenvalue weighted by molar-refractivity contribution is 7.16. The van der Waals surface area contributed by atoms with Crippen LogP contribution in [0.15, 0.2) is 24.5 Å². The predicted molar refractivity (Wildman–Crippen MR) is 89.2 cm³/mol. The molecule has 1 saturated heterocycles. The fourth-order valence-electron chi connectivity index (χ4n) is 2.90. The van der Waals surface area contributed by atoms with Crippen molar-refractivity contribution in [2.45, 2.75) is 32.3 Å². The first-order valence-electron chi connectivity index (χ1n) is 8.22. The molecule has 2 fully saturated rings. The molecule has 0 aromatic carbocycles. The van der Waals surface area contributed by atoms with Crippen LogP contribution in [-0.2, 0) is 4.74 Å². The van der Waals surface area contributed by atoms with E-state index in [9.17, 15) is 4.79 Å². The Kier molecular flexibility index (Phi) is 3.95. The Bertz CT molecular complexity index is 691. The normalized spacial score (nSPS) is 21.1. The van der Waals surface area contributed by atoms with E-state index in [1.165, 1.54) is 24.2 Å². The first-order valence-corrected chi connectivity index (χ1v) is 9.04. The summed E-state index contributed by atoms with van der Waals surface area (Å²) in [5.74, 6) is 0.864. The van der Waals surface area contributed by atoms with E-state index in [1.807, 2.05) is 40.9 Å². The number of rotatable bonds is 5. The van der Waals surface area contributed by atoms with E-state index in [4.69, 9.17) is 4.74 Å². The maximum absolute atomic E-state index is 12.8. The van der Waals surface area contributed by atoms with Crippen molar-refractivity contribution in [3.05, 3.63) is 35.1 Å². The lowest BCUT2D eigenvalue weighted by molar-refractivity contribution is 0.0481. The van der Waals surface area contributed by atoms with E-state index in [2.05, 4.69) is 4.98 Å². The quantitative estimate of drug-likeness (QED) is 0.846. The monoisotopic (exact) mass is 331 g/mol. The third-order valence-electron chi connectivity index (χ3n) is 4.50. The van der Waals surface area contributed by atoms with Crippen LogP contribution in [-0.4, -0.2) is 46.2 Å². The second-order valence-electron chi connectivity index (χ2n) is 6.44. The molecule has 2 aromatic rings. The van der Waals surface area contributed by atoms with Crippen molar-refractivity contribution in [2.75, 3.05) is 19.7 Å². The number of hydrogen-bond acceptors (Lipinski definition) is 4. The Morgan fingerprint density at radius 3 is 2.87 bits per heavy atom. The van der Waals surface area contributed by atoms with Gasteiger partial charge in [0.25, 0.3) is 5.91 Å². The first kappa shape index (κ1) is 14.9. The summed E-state index contributed by atoms with van der Waals surface area (Å²) in [6, 6.07) is 3.92. The van der Waals surface area contributed by atoms with Crippen LogP contribution >= 0.6 is 11.3 Å². The molecule has 1 amide bonds. The zero-order valence-corrected chi connectivity index (χ0v) is 14.1. The van der Waals surface area contributed by atoms with Crippen LogP contribution in [0.2, 0.25) is 0 Å². The number of aromatic nitrogens is 2. The lowest BCUT2D eigenvalue weighted by Crippen LogP contribution is -2.30. The Balaban J connectivity index is 1.42. The molecule has 0 bridgehead atoms. The second kappa shape index (κ2) is 6.09. The standard InChI is InChI=1S/C17H21N3O2S/c1-12-15(23-17(18-12)19-7-2-3-8-19)16(21)20-9-6-14(10-20)22-11-13-4-5-13/h2-3,7-8,13-14H,4-6,9-11H2,1H3. The highest BCUT2D eigenvalue weighted by Gasteiger charge is 2.31. The number of thiazole rings is 1. The van der Waals surface area contributed by atoms with E-state index < -0.39 is 0 Å². The largest absolute Gasteiger partial charge is 0.376 e. The number of carbonyl (C=O) groups is 1. The van der Waals surface area contributed by atoms with Crippen LogP contribution in [0.3, 0.4) is 0 Å². The fourth-order valence-corrected chi connectivity index (χ4v) is 3.90. The third kappa shape index (κ3) is 3.19. The summed E-state index contributed by atoms with van der Waals surface area (Å²) in [6.07, 6.45) is 7.65. The smallest absolute Gasteiger partial charge is 0.266 e. The number of aryl methyl sites for hydroxylation is 1. The van der Waals surface area contributed by atoms with Crippen LogP contribution in [0.5, 0.6) is 0 Å². The Morgan fingerprint density at radius 1 is 1.35 bits per heavy atom. The molecule has 0 spiro atoms. The minimum atomic E-state index is 0.0935. The molecule has 4 rings (SSSR count). The molecule has 1 aliphatic heterocycles. The summed E-state index contributed by atoms with van der Waals surface area (Å²) >= 11 is 1.46. The first-order chi connectivity index (χ1) is 11.2. The lowest BCUT2D eigenvalue weighted by atomic mass is 10.3. The molecule has 6 heteroatoms. The summed E-state index contributed by atoms with van der Waals surface area (Å²) < 4.78 is 7.87. The molecule has 122 valence electrons. The van der Waals surface area contributed by atoms with Crippen LogP contribution in [0.4, 0.5) is 0 Å². The van der Waals surface area contributed by atoms with E-state index in [1.54, 1.807) is 0 Å². The van der Waals surface area contributed by atoms with Gasteiger partial charge in [-0.05, 0) is 44.2 Å². The van der Waals surface area contributed by atoms with Gasteiger partial charge in [-0.15, -0.1) is 0 Å². The van der Waals surface area contributed by atoms with E-state index >= 15 is 0 Å². The zero-order valence-electron chi connectivity index (χ0n) is 13.3. The molecule has 1 aliphatic carbocycles. The molecule has 23 heavy (non-hydrogen) atoms. The van der Waals surface area contributed by atoms with Crippen molar-refractivity contribution >= 4 is 17.2 Å². The van der Waals surface area contributed by atoms with Gasteiger partial charge in [-0.2, -0.15) is 0 Å². The third-order valence-corrected chi connectivity index (χ3v) is 5.66. The number of nitrogens with zero attached hydrogens (tertiary/aromatic N) is 3. The van der Waals surface area contributed by atoms with E-state index in [-0.39, 0.29) is 12.0 Å². The molecular formula is C17H21N3O2S. The maximum Gasteiger partial charge on any atom is 0.266 e. The summed E-state index contributed by atoms with van der Waals surface area (Å²) in [4.78, 5) is 20.0. The minimum absolute atomic E-state index is 0.0935. The number of carbonyl (C=O) groups excluding carboxylic acids is 1. The van der Waals surface area contributed by atoms with Gasteiger partial charge in [0.05, 0.1) is 11.8 Å². The van der Waals surface area contributed by atoms with Crippen LogP contribution in [0.25, 0.3) is 5.13 Å². The van der Waals surface area contributed by atoms with Crippen molar-refractivity contribution in [2.24, 2.45) is 5.92 Å². The van der Waals surface area contributed by atoms with Gasteiger partial charge in [-0.1, -0.05) is 11.3 Å². The van der Waals surface area contributed by atoms with Gasteiger partial charge in [-0.3, -0.25) is 4.79 Å². The van der Waals surface area contributed by atoms with Gasteiger partial charge in [0.15, 0.2) is 5.13 Å². The SMILES string of the molecule is Cc1nc(-n2cccc2)sc1C(=O)N1CCC(OCC2CC2)C1. The van der Waals surface area contributed by atoms with Crippen LogP contribution < -0.4 is 0 Å². The van der Waals surface area contributed by atoms with Crippen molar-refractivity contribution in [3.8, 4) is 5.13 Å². The molecule has 1 atom stereocenters. The van der Waals surface area contributed by atoms with Crippen molar-refractivity contribution in [3.63, 3.8) is 0 Å². The second-order valence-corrected chi connectivity index (χ2v) is 7.42. The molecule has 0 radical (unpaired) electrons. The minimum Gasteiger partial charge on any atom is -0.376 e. The van der Waals surface area contributed by atoms with Crippen molar-refractivity contribution < 1.29 is 9.53 Å². The van der Waals surface area contributed by atoms with Crippen molar-refractivity contribution in [1.82, 2.24) is 14.5 Å². The summed E-state index contributed by atoms with van der Waals surface area (Å²) in [5.41, 5.74) is 0.811. The molecule has 1 saturated carbocycles. The molecular weight excluding hydrogens is 310 g/mol. The van der Waals surface area contributed by atoms with Gasteiger partial charge in [0, 0.05) is 32.1 Å². The number of ether oxygens (including phenoxy) is 1. The Labute approximate surface area is 139 Å². The fraction of sp³-hybridized carbons (Fsp3) is 0.529. The average Bonchev–Trinajstić information content (AvgIpc) is 2.99. The van der Waals surface area contributed by atoms with Gasteiger partial charge in [0.1, 0.15) is 4.88 Å². The molecule has 3 heterocycles. The average molecular weight is 331 g/mol. The number of hydrogen-bond donors (Lipinski definition) is 0. The molecule has 0 N–H and O–H groups in total. The molecule has 1 unspecified atom stereocenters. The Morgan fingerprint density at radius 2 is 2.13 bits per heavy atom.